The fourth-order valence-electron chi connectivity index (χ4n) is 1.61. The molecule has 1 rings (SSSR count). The van der Waals surface area contributed by atoms with Crippen molar-refractivity contribution in [2.75, 3.05) is 26.2 Å². The lowest BCUT2D eigenvalue weighted by molar-refractivity contribution is -0.132. The molecule has 0 aliphatic heterocycles. The van der Waals surface area contributed by atoms with Crippen molar-refractivity contribution in [2.45, 2.75) is 6.43 Å². The van der Waals surface area contributed by atoms with Crippen LogP contribution in [0.5, 0.6) is 0 Å². The third-order valence-electron chi connectivity index (χ3n) is 2.60. The molecule has 0 atom stereocenters. The van der Waals surface area contributed by atoms with E-state index < -0.39 is 37.9 Å². The van der Waals surface area contributed by atoms with Crippen LogP contribution in [0.25, 0.3) is 0 Å². The minimum atomic E-state index is -2.69. The Kier molecular flexibility index (Phi) is 7.24. The summed E-state index contributed by atoms with van der Waals surface area (Å²) in [6, 6.07) is 6.63. The van der Waals surface area contributed by atoms with Crippen LogP contribution >= 0.6 is 15.9 Å². The standard InChI is InChI=1S/C13H15BrF2N2O3/c14-10-4-2-1-3-9(10)13(21)17-7-12(20)18(5-6-19)8-11(15)16/h1-4,11,19H,5-8H2,(H,17,21). The summed E-state index contributed by atoms with van der Waals surface area (Å²) in [7, 11) is 0. The summed E-state index contributed by atoms with van der Waals surface area (Å²) >= 11 is 3.20. The van der Waals surface area contributed by atoms with E-state index in [4.69, 9.17) is 5.11 Å². The maximum absolute atomic E-state index is 12.3. The smallest absolute Gasteiger partial charge is 0.255 e. The van der Waals surface area contributed by atoms with Crippen molar-refractivity contribution in [3.63, 3.8) is 0 Å². The fraction of sp³-hybridized carbons (Fsp3) is 0.385. The molecule has 0 fully saturated rings. The van der Waals surface area contributed by atoms with Crippen LogP contribution < -0.4 is 5.32 Å². The maximum Gasteiger partial charge on any atom is 0.255 e. The van der Waals surface area contributed by atoms with E-state index in [9.17, 15) is 18.4 Å². The highest BCUT2D eigenvalue weighted by molar-refractivity contribution is 9.10. The first-order valence-electron chi connectivity index (χ1n) is 6.15. The summed E-state index contributed by atoms with van der Waals surface area (Å²) in [6.45, 7) is -1.80. The first-order chi connectivity index (χ1) is 9.95. The van der Waals surface area contributed by atoms with Gasteiger partial charge in [-0.2, -0.15) is 0 Å². The summed E-state index contributed by atoms with van der Waals surface area (Å²) in [5, 5.41) is 11.1. The van der Waals surface area contributed by atoms with Crippen LogP contribution in [0.1, 0.15) is 10.4 Å². The van der Waals surface area contributed by atoms with Gasteiger partial charge in [0.25, 0.3) is 12.3 Å². The predicted octanol–water partition coefficient (Wildman–Crippen LogP) is 1.26. The lowest BCUT2D eigenvalue weighted by atomic mass is 10.2. The number of nitrogens with zero attached hydrogens (tertiary/aromatic N) is 1. The van der Waals surface area contributed by atoms with Crippen molar-refractivity contribution < 1.29 is 23.5 Å². The molecule has 0 spiro atoms. The van der Waals surface area contributed by atoms with E-state index in [0.29, 0.717) is 10.0 Å². The van der Waals surface area contributed by atoms with Crippen molar-refractivity contribution >= 4 is 27.7 Å². The average molecular weight is 365 g/mol. The second-order valence-corrected chi connectivity index (χ2v) is 4.97. The fourth-order valence-corrected chi connectivity index (χ4v) is 2.08. The van der Waals surface area contributed by atoms with Gasteiger partial charge >= 0.3 is 0 Å². The van der Waals surface area contributed by atoms with Crippen LogP contribution in [0.4, 0.5) is 8.78 Å². The van der Waals surface area contributed by atoms with Gasteiger partial charge in [0.1, 0.15) is 0 Å². The van der Waals surface area contributed by atoms with Crippen molar-refractivity contribution in [3.8, 4) is 0 Å². The van der Waals surface area contributed by atoms with E-state index in [-0.39, 0.29) is 6.54 Å². The Morgan fingerprint density at radius 2 is 2.00 bits per heavy atom. The molecule has 1 aromatic rings. The third-order valence-corrected chi connectivity index (χ3v) is 3.29. The van der Waals surface area contributed by atoms with Crippen LogP contribution in [0.2, 0.25) is 0 Å². The number of aliphatic hydroxyl groups excluding tert-OH is 1. The van der Waals surface area contributed by atoms with Crippen LogP contribution in [0, 0.1) is 0 Å². The van der Waals surface area contributed by atoms with Gasteiger partial charge in [-0.05, 0) is 28.1 Å². The Balaban J connectivity index is 2.58. The quantitative estimate of drug-likeness (QED) is 0.765. The molecule has 0 heterocycles. The minimum Gasteiger partial charge on any atom is -0.395 e. The molecule has 116 valence electrons. The Morgan fingerprint density at radius 1 is 1.33 bits per heavy atom. The third kappa shape index (κ3) is 5.76. The van der Waals surface area contributed by atoms with Crippen molar-refractivity contribution in [2.24, 2.45) is 0 Å². The molecule has 0 radical (unpaired) electrons. The molecule has 0 bridgehead atoms. The second-order valence-electron chi connectivity index (χ2n) is 4.12. The average Bonchev–Trinajstić information content (AvgIpc) is 2.44. The number of nitrogens with one attached hydrogen (secondary N) is 1. The maximum atomic E-state index is 12.3. The molecule has 0 aliphatic rings. The molecule has 8 heteroatoms. The van der Waals surface area contributed by atoms with Gasteiger partial charge < -0.3 is 15.3 Å². The van der Waals surface area contributed by atoms with Gasteiger partial charge in [0.15, 0.2) is 0 Å². The lowest BCUT2D eigenvalue weighted by Gasteiger charge is -2.21. The molecule has 0 aliphatic carbocycles. The van der Waals surface area contributed by atoms with Gasteiger partial charge in [-0.25, -0.2) is 8.78 Å². The SMILES string of the molecule is O=C(NCC(=O)N(CCO)CC(F)F)c1ccccc1Br. The Labute approximate surface area is 129 Å². The number of hydrogen-bond acceptors (Lipinski definition) is 3. The lowest BCUT2D eigenvalue weighted by Crippen LogP contribution is -2.43. The number of hydrogen-bond donors (Lipinski definition) is 2. The highest BCUT2D eigenvalue weighted by Crippen LogP contribution is 2.15. The summed E-state index contributed by atoms with van der Waals surface area (Å²) < 4.78 is 25.2. The van der Waals surface area contributed by atoms with E-state index in [1.807, 2.05) is 0 Å². The van der Waals surface area contributed by atoms with Crippen LogP contribution in [-0.4, -0.2) is 54.5 Å². The summed E-state index contributed by atoms with van der Waals surface area (Å²) in [6.07, 6.45) is -2.69. The summed E-state index contributed by atoms with van der Waals surface area (Å²) in [5.41, 5.74) is 0.341. The Hall–Kier alpha value is -1.54. The van der Waals surface area contributed by atoms with Gasteiger partial charge in [0.05, 0.1) is 25.3 Å². The highest BCUT2D eigenvalue weighted by atomic mass is 79.9. The van der Waals surface area contributed by atoms with Gasteiger partial charge in [0, 0.05) is 11.0 Å². The Bertz CT molecular complexity index is 500. The van der Waals surface area contributed by atoms with E-state index in [1.54, 1.807) is 24.3 Å². The van der Waals surface area contributed by atoms with Crippen molar-refractivity contribution in [1.82, 2.24) is 10.2 Å². The zero-order valence-corrected chi connectivity index (χ0v) is 12.6. The first-order valence-corrected chi connectivity index (χ1v) is 6.94. The molecular weight excluding hydrogens is 350 g/mol. The van der Waals surface area contributed by atoms with E-state index in [0.717, 1.165) is 4.90 Å². The molecular formula is C13H15BrF2N2O3. The minimum absolute atomic E-state index is 0.200. The van der Waals surface area contributed by atoms with Gasteiger partial charge in [0.2, 0.25) is 5.91 Å². The van der Waals surface area contributed by atoms with Gasteiger partial charge in [-0.15, -0.1) is 0 Å². The number of alkyl halides is 2. The normalized spacial score (nSPS) is 10.5. The molecule has 0 unspecified atom stereocenters. The monoisotopic (exact) mass is 364 g/mol. The van der Waals surface area contributed by atoms with Crippen LogP contribution in [0.3, 0.4) is 0 Å². The van der Waals surface area contributed by atoms with Gasteiger partial charge in [-0.3, -0.25) is 9.59 Å². The molecule has 2 amide bonds. The number of aliphatic hydroxyl groups is 1. The number of benzene rings is 1. The predicted molar refractivity (Wildman–Crippen MR) is 76.1 cm³/mol. The summed E-state index contributed by atoms with van der Waals surface area (Å²) in [5.74, 6) is -1.17. The molecule has 0 saturated carbocycles. The van der Waals surface area contributed by atoms with Crippen LogP contribution in [0.15, 0.2) is 28.7 Å². The van der Waals surface area contributed by atoms with Crippen LogP contribution in [-0.2, 0) is 4.79 Å². The number of halogens is 3. The molecule has 5 nitrogen and oxygen atoms in total. The Morgan fingerprint density at radius 3 is 2.57 bits per heavy atom. The zero-order chi connectivity index (χ0) is 15.8. The van der Waals surface area contributed by atoms with E-state index in [2.05, 4.69) is 21.2 Å². The molecule has 21 heavy (non-hydrogen) atoms. The second kappa shape index (κ2) is 8.68. The van der Waals surface area contributed by atoms with Crippen molar-refractivity contribution in [3.05, 3.63) is 34.3 Å². The topological polar surface area (TPSA) is 69.6 Å². The van der Waals surface area contributed by atoms with Gasteiger partial charge in [-0.1, -0.05) is 12.1 Å². The molecule has 0 aromatic heterocycles. The first kappa shape index (κ1) is 17.5. The molecule has 2 N–H and O–H groups in total. The number of carbonyl (C=O) groups excluding carboxylic acids is 2. The summed E-state index contributed by atoms with van der Waals surface area (Å²) in [4.78, 5) is 24.4. The van der Waals surface area contributed by atoms with E-state index in [1.165, 1.54) is 0 Å². The molecule has 0 saturated heterocycles. The number of amides is 2. The van der Waals surface area contributed by atoms with Crippen molar-refractivity contribution in [1.29, 1.82) is 0 Å². The number of carbonyl (C=O) groups is 2. The largest absolute Gasteiger partial charge is 0.395 e. The van der Waals surface area contributed by atoms with E-state index >= 15 is 0 Å². The molecule has 1 aromatic carbocycles. The number of rotatable bonds is 7. The highest BCUT2D eigenvalue weighted by Gasteiger charge is 2.19. The zero-order valence-electron chi connectivity index (χ0n) is 11.1.